The van der Waals surface area contributed by atoms with Gasteiger partial charge in [0.2, 0.25) is 0 Å². The molecule has 0 fully saturated rings. The van der Waals surface area contributed by atoms with Crippen LogP contribution in [0.3, 0.4) is 0 Å². The van der Waals surface area contributed by atoms with Gasteiger partial charge in [0.15, 0.2) is 0 Å². The van der Waals surface area contributed by atoms with Crippen LogP contribution in [0.25, 0.3) is 22.2 Å². The number of nitrogens with two attached hydrogens (primary N) is 1. The first kappa shape index (κ1) is 21.2. The molecular weight excluding hydrogens is 329 g/mol. The molecule has 0 aliphatic heterocycles. The molecule has 2 aromatic carbocycles. The van der Waals surface area contributed by atoms with Gasteiger partial charge in [0.1, 0.15) is 12.7 Å². The zero-order chi connectivity index (χ0) is 19.5. The summed E-state index contributed by atoms with van der Waals surface area (Å²) in [5.74, 6) is 0. The van der Waals surface area contributed by atoms with Crippen molar-refractivity contribution in [2.45, 2.75) is 27.3 Å². The number of para-hydroxylation sites is 1. The van der Waals surface area contributed by atoms with Gasteiger partial charge in [-0.25, -0.2) is 4.39 Å². The molecule has 0 aliphatic carbocycles. The van der Waals surface area contributed by atoms with Crippen LogP contribution in [0.4, 0.5) is 10.1 Å². The van der Waals surface area contributed by atoms with E-state index < -0.39 is 6.67 Å². The van der Waals surface area contributed by atoms with E-state index >= 15 is 0 Å². The highest BCUT2D eigenvalue weighted by molar-refractivity contribution is 5.94. The Bertz CT molecular complexity index is 846. The lowest BCUT2D eigenvalue weighted by molar-refractivity contribution is 0.253. The van der Waals surface area contributed by atoms with E-state index in [0.717, 1.165) is 40.0 Å². The maximum Gasteiger partial charge on any atom is 0.112 e. The standard InChI is InChI=1S/C17H15N3.C2H5FO.C2H6/c1-2-20-16-6-4-3-5-14(16)15(11-18)17(20)12-7-9-13(19)10-8-12;3-1-2-4;1-2/h3-10H,2,19H2,1H3;4H,1-2H2;1-2H3. The number of alkyl halides is 1. The Morgan fingerprint density at radius 3 is 2.19 bits per heavy atom. The summed E-state index contributed by atoms with van der Waals surface area (Å²) in [5, 5.41) is 18.1. The molecule has 0 aliphatic rings. The molecule has 0 saturated carbocycles. The number of aromatic nitrogens is 1. The maximum absolute atomic E-state index is 10.5. The zero-order valence-electron chi connectivity index (χ0n) is 15.5. The van der Waals surface area contributed by atoms with Gasteiger partial charge in [0.05, 0.1) is 17.9 Å². The Balaban J connectivity index is 0.000000500. The van der Waals surface area contributed by atoms with Crippen molar-refractivity contribution in [1.29, 1.82) is 5.26 Å². The van der Waals surface area contributed by atoms with Crippen molar-refractivity contribution in [3.05, 3.63) is 54.1 Å². The molecule has 0 spiro atoms. The number of halogens is 1. The van der Waals surface area contributed by atoms with Crippen LogP contribution in [-0.2, 0) is 6.54 Å². The molecule has 0 unspecified atom stereocenters. The fourth-order valence-electron chi connectivity index (χ4n) is 2.69. The van der Waals surface area contributed by atoms with Gasteiger partial charge in [-0.05, 0) is 30.7 Å². The number of nitrogens with zero attached hydrogens (tertiary/aromatic N) is 2. The van der Waals surface area contributed by atoms with E-state index in [0.29, 0.717) is 0 Å². The molecule has 1 heterocycles. The normalized spacial score (nSPS) is 9.54. The van der Waals surface area contributed by atoms with Crippen molar-refractivity contribution in [3.63, 3.8) is 0 Å². The molecule has 5 heteroatoms. The number of nitriles is 1. The number of rotatable bonds is 3. The minimum Gasteiger partial charge on any atom is -0.399 e. The number of hydrogen-bond donors (Lipinski definition) is 2. The van der Waals surface area contributed by atoms with Crippen molar-refractivity contribution in [2.24, 2.45) is 0 Å². The second-order valence-electron chi connectivity index (χ2n) is 5.13. The predicted molar refractivity (Wildman–Crippen MR) is 107 cm³/mol. The first-order valence-corrected chi connectivity index (χ1v) is 8.72. The lowest BCUT2D eigenvalue weighted by Gasteiger charge is -2.08. The van der Waals surface area contributed by atoms with E-state index in [-0.39, 0.29) is 6.61 Å². The monoisotopic (exact) mass is 355 g/mol. The van der Waals surface area contributed by atoms with Crippen LogP contribution in [0.1, 0.15) is 26.3 Å². The third kappa shape index (κ3) is 4.62. The van der Waals surface area contributed by atoms with Gasteiger partial charge >= 0.3 is 0 Å². The number of nitrogen functional groups attached to an aromatic ring is 1. The van der Waals surface area contributed by atoms with E-state index in [9.17, 15) is 9.65 Å². The molecular formula is C21H26FN3O. The topological polar surface area (TPSA) is 75.0 Å². The molecule has 4 nitrogen and oxygen atoms in total. The molecule has 138 valence electrons. The molecule has 0 amide bonds. The molecule has 0 atom stereocenters. The Morgan fingerprint density at radius 1 is 1.12 bits per heavy atom. The summed E-state index contributed by atoms with van der Waals surface area (Å²) >= 11 is 0. The second-order valence-corrected chi connectivity index (χ2v) is 5.13. The number of aryl methyl sites for hydroxylation is 1. The van der Waals surface area contributed by atoms with Gasteiger partial charge in [-0.2, -0.15) is 5.26 Å². The molecule has 0 bridgehead atoms. The van der Waals surface area contributed by atoms with Crippen molar-refractivity contribution in [1.82, 2.24) is 4.57 Å². The van der Waals surface area contributed by atoms with Crippen molar-refractivity contribution < 1.29 is 9.50 Å². The largest absolute Gasteiger partial charge is 0.399 e. The van der Waals surface area contributed by atoms with Crippen LogP contribution in [0.5, 0.6) is 0 Å². The van der Waals surface area contributed by atoms with Crippen LogP contribution in [0.15, 0.2) is 48.5 Å². The van der Waals surface area contributed by atoms with E-state index in [4.69, 9.17) is 10.8 Å². The summed E-state index contributed by atoms with van der Waals surface area (Å²) in [4.78, 5) is 0. The summed E-state index contributed by atoms with van der Waals surface area (Å²) < 4.78 is 12.7. The fourth-order valence-corrected chi connectivity index (χ4v) is 2.69. The van der Waals surface area contributed by atoms with E-state index in [1.54, 1.807) is 0 Å². The number of benzene rings is 2. The summed E-state index contributed by atoms with van der Waals surface area (Å²) in [7, 11) is 0. The van der Waals surface area contributed by atoms with Crippen LogP contribution >= 0.6 is 0 Å². The van der Waals surface area contributed by atoms with Gasteiger partial charge < -0.3 is 15.4 Å². The molecule has 0 radical (unpaired) electrons. The average Bonchev–Trinajstić information content (AvgIpc) is 3.03. The van der Waals surface area contributed by atoms with Crippen molar-refractivity contribution in [2.75, 3.05) is 19.0 Å². The van der Waals surface area contributed by atoms with Gasteiger partial charge in [-0.1, -0.05) is 44.2 Å². The lowest BCUT2D eigenvalue weighted by Crippen LogP contribution is -1.97. The van der Waals surface area contributed by atoms with E-state index in [2.05, 4.69) is 23.6 Å². The smallest absolute Gasteiger partial charge is 0.112 e. The van der Waals surface area contributed by atoms with Crippen LogP contribution in [0.2, 0.25) is 0 Å². The molecule has 3 N–H and O–H groups in total. The van der Waals surface area contributed by atoms with Crippen LogP contribution in [-0.4, -0.2) is 23.0 Å². The third-order valence-electron chi connectivity index (χ3n) is 3.67. The minimum absolute atomic E-state index is 0.347. The fraction of sp³-hybridized carbons (Fsp3) is 0.286. The van der Waals surface area contributed by atoms with Gasteiger partial charge in [0.25, 0.3) is 0 Å². The summed E-state index contributed by atoms with van der Waals surface area (Å²) in [5.41, 5.74) is 10.3. The Kier molecular flexibility index (Phi) is 8.90. The van der Waals surface area contributed by atoms with E-state index in [1.165, 1.54) is 0 Å². The number of anilines is 1. The first-order chi connectivity index (χ1) is 12.7. The Morgan fingerprint density at radius 2 is 1.69 bits per heavy atom. The third-order valence-corrected chi connectivity index (χ3v) is 3.67. The first-order valence-electron chi connectivity index (χ1n) is 8.72. The Hall–Kier alpha value is -2.84. The molecule has 26 heavy (non-hydrogen) atoms. The molecule has 3 rings (SSSR count). The summed E-state index contributed by atoms with van der Waals surface area (Å²) in [6, 6.07) is 18.1. The van der Waals surface area contributed by atoms with Gasteiger partial charge in [0, 0.05) is 23.1 Å². The number of hydrogen-bond acceptors (Lipinski definition) is 3. The molecule has 1 aromatic heterocycles. The highest BCUT2D eigenvalue weighted by atomic mass is 19.1. The summed E-state index contributed by atoms with van der Waals surface area (Å²) in [6.45, 7) is 5.94. The molecule has 0 saturated heterocycles. The number of aliphatic hydroxyl groups is 1. The van der Waals surface area contributed by atoms with Crippen molar-refractivity contribution in [3.8, 4) is 17.3 Å². The van der Waals surface area contributed by atoms with Crippen LogP contribution in [0, 0.1) is 11.3 Å². The SMILES string of the molecule is CC.CCn1c(-c2ccc(N)cc2)c(C#N)c2ccccc21.OCCF. The average molecular weight is 355 g/mol. The highest BCUT2D eigenvalue weighted by Crippen LogP contribution is 2.33. The second kappa shape index (κ2) is 10.9. The number of fused-ring (bicyclic) bond motifs is 1. The van der Waals surface area contributed by atoms with E-state index in [1.807, 2.05) is 56.3 Å². The summed E-state index contributed by atoms with van der Waals surface area (Å²) in [6.07, 6.45) is 0. The van der Waals surface area contributed by atoms with Gasteiger partial charge in [-0.15, -0.1) is 0 Å². The van der Waals surface area contributed by atoms with Crippen LogP contribution < -0.4 is 5.73 Å². The predicted octanol–water partition coefficient (Wildman–Crippen LogP) is 4.76. The maximum atomic E-state index is 10.5. The van der Waals surface area contributed by atoms with Gasteiger partial charge in [-0.3, -0.25) is 0 Å². The highest BCUT2D eigenvalue weighted by Gasteiger charge is 2.17. The Labute approximate surface area is 154 Å². The lowest BCUT2D eigenvalue weighted by atomic mass is 10.1. The zero-order valence-corrected chi connectivity index (χ0v) is 15.5. The molecule has 3 aromatic rings. The quantitative estimate of drug-likeness (QED) is 0.665. The minimum atomic E-state index is -0.625. The number of aliphatic hydroxyl groups excluding tert-OH is 1. The van der Waals surface area contributed by atoms with Crippen molar-refractivity contribution >= 4 is 16.6 Å².